The monoisotopic (exact) mass is 324 g/mol. The standard InChI is InChI=1S/C10H18O4.C7H6O2/c1-4-10(5-11,6-12)7-14-9(13)8(2)3;8-7(9)6-4-2-1-3-5-6/h11-12H,2,4-7H2,1,3H3;1-5H,(H,8,9). The zero-order valence-corrected chi connectivity index (χ0v) is 13.5. The molecule has 0 saturated heterocycles. The number of carboxylic acids is 1. The third kappa shape index (κ3) is 7.58. The van der Waals surface area contributed by atoms with Crippen molar-refractivity contribution in [3.63, 3.8) is 0 Å². The lowest BCUT2D eigenvalue weighted by atomic mass is 9.88. The second-order valence-electron chi connectivity index (χ2n) is 5.20. The Morgan fingerprint density at radius 2 is 1.70 bits per heavy atom. The lowest BCUT2D eigenvalue weighted by molar-refractivity contribution is -0.145. The van der Waals surface area contributed by atoms with Crippen LogP contribution < -0.4 is 0 Å². The summed E-state index contributed by atoms with van der Waals surface area (Å²) in [5, 5.41) is 26.5. The SMILES string of the molecule is C=C(C)C(=O)OCC(CC)(CO)CO.O=C(O)c1ccccc1. The van der Waals surface area contributed by atoms with Gasteiger partial charge in [0, 0.05) is 5.57 Å². The van der Waals surface area contributed by atoms with Crippen molar-refractivity contribution in [3.05, 3.63) is 48.0 Å². The molecule has 0 atom stereocenters. The maximum atomic E-state index is 11.1. The quantitative estimate of drug-likeness (QED) is 0.522. The van der Waals surface area contributed by atoms with E-state index in [4.69, 9.17) is 20.1 Å². The number of aliphatic hydroxyl groups is 2. The number of rotatable bonds is 7. The number of carbonyl (C=O) groups excluding carboxylic acids is 1. The molecule has 0 radical (unpaired) electrons. The van der Waals surface area contributed by atoms with Crippen molar-refractivity contribution in [3.8, 4) is 0 Å². The van der Waals surface area contributed by atoms with E-state index in [9.17, 15) is 9.59 Å². The van der Waals surface area contributed by atoms with Gasteiger partial charge in [-0.3, -0.25) is 0 Å². The minimum atomic E-state index is -0.879. The van der Waals surface area contributed by atoms with E-state index in [1.165, 1.54) is 0 Å². The first kappa shape index (κ1) is 20.8. The number of esters is 1. The van der Waals surface area contributed by atoms with Gasteiger partial charge in [0.1, 0.15) is 6.61 Å². The summed E-state index contributed by atoms with van der Waals surface area (Å²) in [4.78, 5) is 21.3. The van der Waals surface area contributed by atoms with Gasteiger partial charge in [-0.2, -0.15) is 0 Å². The molecule has 0 aliphatic heterocycles. The molecule has 0 bridgehead atoms. The zero-order chi connectivity index (χ0) is 17.9. The van der Waals surface area contributed by atoms with Gasteiger partial charge in [-0.05, 0) is 25.5 Å². The van der Waals surface area contributed by atoms with Crippen LogP contribution in [0.1, 0.15) is 30.6 Å². The molecule has 0 aromatic heterocycles. The Balaban J connectivity index is 0.000000459. The average molecular weight is 324 g/mol. The van der Waals surface area contributed by atoms with Crippen LogP contribution >= 0.6 is 0 Å². The number of ether oxygens (including phenoxy) is 1. The van der Waals surface area contributed by atoms with Crippen molar-refractivity contribution >= 4 is 11.9 Å². The molecular weight excluding hydrogens is 300 g/mol. The van der Waals surface area contributed by atoms with Crippen LogP contribution in [0.2, 0.25) is 0 Å². The van der Waals surface area contributed by atoms with E-state index in [2.05, 4.69) is 6.58 Å². The predicted octanol–water partition coefficient (Wildman–Crippen LogP) is 1.87. The normalized spacial score (nSPS) is 10.3. The number of aromatic carboxylic acids is 1. The van der Waals surface area contributed by atoms with Crippen molar-refractivity contribution in [2.75, 3.05) is 19.8 Å². The van der Waals surface area contributed by atoms with Crippen molar-refractivity contribution in [1.82, 2.24) is 0 Å². The molecule has 1 aromatic carbocycles. The van der Waals surface area contributed by atoms with Gasteiger partial charge in [-0.15, -0.1) is 0 Å². The van der Waals surface area contributed by atoms with Gasteiger partial charge >= 0.3 is 11.9 Å². The highest BCUT2D eigenvalue weighted by Crippen LogP contribution is 2.21. The third-order valence-electron chi connectivity index (χ3n) is 3.30. The van der Waals surface area contributed by atoms with E-state index in [1.54, 1.807) is 37.3 Å². The second kappa shape index (κ2) is 10.5. The van der Waals surface area contributed by atoms with Crippen LogP contribution in [0.4, 0.5) is 0 Å². The van der Waals surface area contributed by atoms with Crippen LogP contribution in [-0.4, -0.2) is 47.1 Å². The van der Waals surface area contributed by atoms with Crippen LogP contribution in [0.5, 0.6) is 0 Å². The maximum absolute atomic E-state index is 11.1. The minimum Gasteiger partial charge on any atom is -0.478 e. The smallest absolute Gasteiger partial charge is 0.335 e. The first-order valence-corrected chi connectivity index (χ1v) is 7.14. The van der Waals surface area contributed by atoms with Gasteiger partial charge in [0.25, 0.3) is 0 Å². The fourth-order valence-electron chi connectivity index (χ4n) is 1.39. The lowest BCUT2D eigenvalue weighted by Crippen LogP contribution is -2.35. The minimum absolute atomic E-state index is 0.0161. The van der Waals surface area contributed by atoms with Gasteiger partial charge in [0.05, 0.1) is 24.2 Å². The Kier molecular flexibility index (Phi) is 9.53. The summed E-state index contributed by atoms with van der Waals surface area (Å²) in [6.07, 6.45) is 0.545. The van der Waals surface area contributed by atoms with Crippen molar-refractivity contribution in [2.24, 2.45) is 5.41 Å². The summed E-state index contributed by atoms with van der Waals surface area (Å²) < 4.78 is 4.88. The van der Waals surface area contributed by atoms with Crippen molar-refractivity contribution < 1.29 is 29.6 Å². The molecule has 0 unspecified atom stereocenters. The van der Waals surface area contributed by atoms with Gasteiger partial charge < -0.3 is 20.1 Å². The Morgan fingerprint density at radius 1 is 1.17 bits per heavy atom. The summed E-state index contributed by atoms with van der Waals surface area (Å²) in [6, 6.07) is 8.30. The van der Waals surface area contributed by atoms with Gasteiger partial charge in [0.2, 0.25) is 0 Å². The van der Waals surface area contributed by atoms with Crippen LogP contribution in [-0.2, 0) is 9.53 Å². The number of benzene rings is 1. The topological polar surface area (TPSA) is 104 Å². The molecule has 128 valence electrons. The molecule has 0 heterocycles. The molecule has 1 aromatic rings. The second-order valence-corrected chi connectivity index (χ2v) is 5.20. The van der Waals surface area contributed by atoms with E-state index >= 15 is 0 Å². The highest BCUT2D eigenvalue weighted by molar-refractivity contribution is 5.87. The number of hydrogen-bond donors (Lipinski definition) is 3. The number of aliphatic hydroxyl groups excluding tert-OH is 2. The fraction of sp³-hybridized carbons (Fsp3) is 0.412. The zero-order valence-electron chi connectivity index (χ0n) is 13.5. The Labute approximate surface area is 136 Å². The fourth-order valence-corrected chi connectivity index (χ4v) is 1.39. The van der Waals surface area contributed by atoms with Gasteiger partial charge in [-0.1, -0.05) is 31.7 Å². The molecule has 0 fully saturated rings. The van der Waals surface area contributed by atoms with E-state index in [0.29, 0.717) is 17.6 Å². The Morgan fingerprint density at radius 3 is 2.00 bits per heavy atom. The molecule has 0 aliphatic rings. The largest absolute Gasteiger partial charge is 0.478 e. The maximum Gasteiger partial charge on any atom is 0.335 e. The third-order valence-corrected chi connectivity index (χ3v) is 3.30. The molecule has 6 nitrogen and oxygen atoms in total. The molecule has 0 spiro atoms. The van der Waals surface area contributed by atoms with Crippen LogP contribution in [0.15, 0.2) is 42.5 Å². The van der Waals surface area contributed by atoms with Crippen LogP contribution in [0.3, 0.4) is 0 Å². The summed E-state index contributed by atoms with van der Waals surface area (Å²) in [5.74, 6) is -1.37. The molecule has 3 N–H and O–H groups in total. The van der Waals surface area contributed by atoms with Crippen LogP contribution in [0, 0.1) is 5.41 Å². The Hall–Kier alpha value is -2.18. The number of carbonyl (C=O) groups is 2. The molecule has 0 saturated carbocycles. The van der Waals surface area contributed by atoms with Crippen molar-refractivity contribution in [2.45, 2.75) is 20.3 Å². The summed E-state index contributed by atoms with van der Waals surface area (Å²) >= 11 is 0. The summed E-state index contributed by atoms with van der Waals surface area (Å²) in [6.45, 7) is 6.41. The lowest BCUT2D eigenvalue weighted by Gasteiger charge is -2.27. The van der Waals surface area contributed by atoms with Crippen LogP contribution in [0.25, 0.3) is 0 Å². The predicted molar refractivity (Wildman–Crippen MR) is 86.1 cm³/mol. The molecule has 23 heavy (non-hydrogen) atoms. The molecule has 6 heteroatoms. The Bertz CT molecular complexity index is 497. The van der Waals surface area contributed by atoms with Gasteiger partial charge in [0.15, 0.2) is 0 Å². The first-order valence-electron chi connectivity index (χ1n) is 7.14. The summed E-state index contributed by atoms with van der Waals surface area (Å²) in [5.41, 5.74) is -0.0890. The first-order chi connectivity index (χ1) is 10.8. The molecule has 1 rings (SSSR count). The van der Waals surface area contributed by atoms with Gasteiger partial charge in [-0.25, -0.2) is 9.59 Å². The van der Waals surface area contributed by atoms with E-state index in [1.807, 2.05) is 6.92 Å². The van der Waals surface area contributed by atoms with E-state index < -0.39 is 17.4 Å². The highest BCUT2D eigenvalue weighted by atomic mass is 16.5. The van der Waals surface area contributed by atoms with E-state index in [-0.39, 0.29) is 19.8 Å². The number of carboxylic acid groups (broad SMARTS) is 1. The van der Waals surface area contributed by atoms with Crippen molar-refractivity contribution in [1.29, 1.82) is 0 Å². The summed E-state index contributed by atoms with van der Waals surface area (Å²) in [7, 11) is 0. The van der Waals surface area contributed by atoms with E-state index in [0.717, 1.165) is 0 Å². The average Bonchev–Trinajstić information content (AvgIpc) is 2.57. The molecular formula is C17H24O6. The highest BCUT2D eigenvalue weighted by Gasteiger charge is 2.28. The molecule has 0 amide bonds. The number of hydrogen-bond acceptors (Lipinski definition) is 5. The molecule has 0 aliphatic carbocycles.